The molecule has 4 rings (SSSR count). The molecule has 0 radical (unpaired) electrons. The van der Waals surface area contributed by atoms with Crippen LogP contribution in [0.5, 0.6) is 0 Å². The Balaban J connectivity index is 1.35. The summed E-state index contributed by atoms with van der Waals surface area (Å²) in [6, 6.07) is 19.0. The Morgan fingerprint density at radius 2 is 1.42 bits per heavy atom. The number of carbonyl (C=O) groups excluding carboxylic acids is 1. The summed E-state index contributed by atoms with van der Waals surface area (Å²) in [6.07, 6.45) is 0. The summed E-state index contributed by atoms with van der Waals surface area (Å²) in [5.74, 6) is 0. The van der Waals surface area contributed by atoms with Gasteiger partial charge in [0.1, 0.15) is 4.90 Å². The minimum atomic E-state index is -3.90. The number of carbonyl (C=O) groups is 1. The van der Waals surface area contributed by atoms with E-state index in [9.17, 15) is 13.2 Å². The third-order valence-electron chi connectivity index (χ3n) is 6.55. The largest absolute Gasteiger partial charge is 0.378 e. The highest BCUT2D eigenvalue weighted by Gasteiger charge is 2.33. The predicted molar refractivity (Wildman–Crippen MR) is 158 cm³/mol. The summed E-state index contributed by atoms with van der Waals surface area (Å²) >= 11 is 15.7. The van der Waals surface area contributed by atoms with E-state index in [1.807, 2.05) is 45.3 Å². The van der Waals surface area contributed by atoms with E-state index in [0.717, 1.165) is 22.4 Å². The Bertz CT molecular complexity index is 1390. The standard InChI is InChI=1S/C27H29BrCl2N4O3S/c1-18(19-4-6-20(7-5-19)21-8-10-23(11-9-21)32(2)3)31-27(35)33-12-14-34(15-13-33)38(36,37)26-24(29)16-22(28)17-25(26)30/h4-11,16-18H,12-15H2,1-3H3,(H,31,35). The molecular formula is C27H29BrCl2N4O3S. The molecule has 1 heterocycles. The summed E-state index contributed by atoms with van der Waals surface area (Å²) in [4.78, 5) is 16.5. The average Bonchev–Trinajstić information content (AvgIpc) is 2.88. The van der Waals surface area contributed by atoms with Gasteiger partial charge in [0.2, 0.25) is 10.0 Å². The smallest absolute Gasteiger partial charge is 0.317 e. The predicted octanol–water partition coefficient (Wildman–Crippen LogP) is 6.27. The van der Waals surface area contributed by atoms with E-state index >= 15 is 0 Å². The van der Waals surface area contributed by atoms with Crippen LogP contribution in [0, 0.1) is 0 Å². The van der Waals surface area contributed by atoms with Gasteiger partial charge in [0.15, 0.2) is 0 Å². The summed E-state index contributed by atoms with van der Waals surface area (Å²) in [5.41, 5.74) is 4.34. The van der Waals surface area contributed by atoms with E-state index in [1.165, 1.54) is 16.4 Å². The maximum absolute atomic E-state index is 13.2. The number of nitrogens with zero attached hydrogens (tertiary/aromatic N) is 3. The van der Waals surface area contributed by atoms with Crippen molar-refractivity contribution in [2.75, 3.05) is 45.2 Å². The second-order valence-electron chi connectivity index (χ2n) is 9.32. The molecule has 3 aromatic carbocycles. The van der Waals surface area contributed by atoms with Gasteiger partial charge in [-0.05, 0) is 47.9 Å². The molecule has 1 saturated heterocycles. The number of hydrogen-bond donors (Lipinski definition) is 1. The monoisotopic (exact) mass is 638 g/mol. The van der Waals surface area contributed by atoms with Crippen LogP contribution >= 0.6 is 39.1 Å². The minimum Gasteiger partial charge on any atom is -0.378 e. The van der Waals surface area contributed by atoms with Gasteiger partial charge in [0, 0.05) is 50.4 Å². The SMILES string of the molecule is CC(NC(=O)N1CCN(S(=O)(=O)c2c(Cl)cc(Br)cc2Cl)CC1)c1ccc(-c2ccc(N(C)C)cc2)cc1. The molecule has 3 aromatic rings. The van der Waals surface area contributed by atoms with Gasteiger partial charge < -0.3 is 15.1 Å². The van der Waals surface area contributed by atoms with E-state index < -0.39 is 10.0 Å². The number of urea groups is 1. The molecule has 0 aliphatic carbocycles. The average molecular weight is 640 g/mol. The van der Waals surface area contributed by atoms with Crippen LogP contribution in [0.15, 0.2) is 70.0 Å². The highest BCUT2D eigenvalue weighted by molar-refractivity contribution is 9.10. The first kappa shape index (κ1) is 28.7. The molecule has 1 aliphatic heterocycles. The van der Waals surface area contributed by atoms with Gasteiger partial charge in [-0.1, -0.05) is 75.5 Å². The Labute approximate surface area is 242 Å². The molecule has 7 nitrogen and oxygen atoms in total. The van der Waals surface area contributed by atoms with Crippen LogP contribution in [-0.2, 0) is 10.0 Å². The van der Waals surface area contributed by atoms with Crippen LogP contribution in [0.2, 0.25) is 10.0 Å². The maximum Gasteiger partial charge on any atom is 0.317 e. The molecule has 1 atom stereocenters. The number of benzene rings is 3. The zero-order valence-corrected chi connectivity index (χ0v) is 25.2. The number of sulfonamides is 1. The minimum absolute atomic E-state index is 0.0509. The number of piperazine rings is 1. The molecule has 38 heavy (non-hydrogen) atoms. The van der Waals surface area contributed by atoms with Gasteiger partial charge in [-0.3, -0.25) is 0 Å². The molecule has 202 valence electrons. The molecule has 0 aromatic heterocycles. The van der Waals surface area contributed by atoms with Crippen molar-refractivity contribution in [3.8, 4) is 11.1 Å². The van der Waals surface area contributed by atoms with Crippen LogP contribution < -0.4 is 10.2 Å². The summed E-state index contributed by atoms with van der Waals surface area (Å²) in [7, 11) is 0.121. The van der Waals surface area contributed by atoms with Gasteiger partial charge in [0.25, 0.3) is 0 Å². The van der Waals surface area contributed by atoms with E-state index in [1.54, 1.807) is 4.90 Å². The van der Waals surface area contributed by atoms with Crippen molar-refractivity contribution in [3.63, 3.8) is 0 Å². The molecule has 0 saturated carbocycles. The van der Waals surface area contributed by atoms with Gasteiger partial charge in [0.05, 0.1) is 16.1 Å². The quantitative estimate of drug-likeness (QED) is 0.345. The summed E-state index contributed by atoms with van der Waals surface area (Å²) < 4.78 is 28.3. The lowest BCUT2D eigenvalue weighted by Crippen LogP contribution is -2.53. The van der Waals surface area contributed by atoms with Crippen LogP contribution in [0.1, 0.15) is 18.5 Å². The third kappa shape index (κ3) is 6.29. The van der Waals surface area contributed by atoms with Crippen LogP contribution in [0.4, 0.5) is 10.5 Å². The number of hydrogen-bond acceptors (Lipinski definition) is 4. The summed E-state index contributed by atoms with van der Waals surface area (Å²) in [6.45, 7) is 2.73. The van der Waals surface area contributed by atoms with Crippen molar-refractivity contribution in [2.45, 2.75) is 17.9 Å². The number of anilines is 1. The molecule has 2 amide bonds. The molecule has 1 aliphatic rings. The maximum atomic E-state index is 13.2. The fraction of sp³-hybridized carbons (Fsp3) is 0.296. The van der Waals surface area contributed by atoms with Crippen LogP contribution in [-0.4, -0.2) is 63.9 Å². The second kappa shape index (κ2) is 11.8. The van der Waals surface area contributed by atoms with Crippen molar-refractivity contribution < 1.29 is 13.2 Å². The van der Waals surface area contributed by atoms with Crippen molar-refractivity contribution in [1.82, 2.24) is 14.5 Å². The molecule has 1 fully saturated rings. The zero-order chi connectivity index (χ0) is 27.6. The lowest BCUT2D eigenvalue weighted by atomic mass is 10.0. The van der Waals surface area contributed by atoms with E-state index in [4.69, 9.17) is 23.2 Å². The van der Waals surface area contributed by atoms with Crippen LogP contribution in [0.25, 0.3) is 11.1 Å². The summed E-state index contributed by atoms with van der Waals surface area (Å²) in [5, 5.41) is 3.12. The number of nitrogens with one attached hydrogen (secondary N) is 1. The van der Waals surface area contributed by atoms with Crippen molar-refractivity contribution in [2.24, 2.45) is 0 Å². The Morgan fingerprint density at radius 1 is 0.921 bits per heavy atom. The van der Waals surface area contributed by atoms with Gasteiger partial charge >= 0.3 is 6.03 Å². The van der Waals surface area contributed by atoms with Gasteiger partial charge in [-0.15, -0.1) is 0 Å². The Hall–Kier alpha value is -2.30. The lowest BCUT2D eigenvalue weighted by Gasteiger charge is -2.35. The molecule has 0 spiro atoms. The Kier molecular flexibility index (Phi) is 8.94. The normalized spacial score (nSPS) is 15.3. The van der Waals surface area contributed by atoms with Crippen molar-refractivity contribution >= 4 is 60.9 Å². The number of amides is 2. The van der Waals surface area contributed by atoms with E-state index in [-0.39, 0.29) is 53.2 Å². The number of halogens is 3. The molecule has 1 N–H and O–H groups in total. The van der Waals surface area contributed by atoms with Crippen LogP contribution in [0.3, 0.4) is 0 Å². The molecule has 0 bridgehead atoms. The first-order valence-corrected chi connectivity index (χ1v) is 15.0. The highest BCUT2D eigenvalue weighted by atomic mass is 79.9. The topological polar surface area (TPSA) is 73.0 Å². The van der Waals surface area contributed by atoms with Crippen molar-refractivity contribution in [3.05, 3.63) is 80.7 Å². The van der Waals surface area contributed by atoms with Gasteiger partial charge in [-0.2, -0.15) is 4.31 Å². The fourth-order valence-electron chi connectivity index (χ4n) is 4.31. The zero-order valence-electron chi connectivity index (χ0n) is 21.3. The molecule has 1 unspecified atom stereocenters. The first-order chi connectivity index (χ1) is 18.0. The second-order valence-corrected chi connectivity index (χ2v) is 12.9. The molecular weight excluding hydrogens is 611 g/mol. The number of rotatable bonds is 6. The Morgan fingerprint density at radius 3 is 1.92 bits per heavy atom. The van der Waals surface area contributed by atoms with E-state index in [2.05, 4.69) is 50.4 Å². The molecule has 11 heteroatoms. The highest BCUT2D eigenvalue weighted by Crippen LogP contribution is 2.35. The fourth-order valence-corrected chi connectivity index (χ4v) is 7.62. The third-order valence-corrected chi connectivity index (χ3v) is 9.83. The van der Waals surface area contributed by atoms with E-state index in [0.29, 0.717) is 4.47 Å². The lowest BCUT2D eigenvalue weighted by molar-refractivity contribution is 0.169. The van der Waals surface area contributed by atoms with Crippen molar-refractivity contribution in [1.29, 1.82) is 0 Å². The van der Waals surface area contributed by atoms with Gasteiger partial charge in [-0.25, -0.2) is 13.2 Å². The first-order valence-electron chi connectivity index (χ1n) is 12.0.